The first-order chi connectivity index (χ1) is 6.65. The average molecular weight is 190 g/mol. The van der Waals surface area contributed by atoms with Crippen LogP contribution in [0.15, 0.2) is 30.0 Å². The quantitative estimate of drug-likeness (QED) is 0.715. The maximum atomic E-state index is 3.09. The summed E-state index contributed by atoms with van der Waals surface area (Å²) in [4.78, 5) is 0. The topological polar surface area (TPSA) is 24.1 Å². The number of allylic oxidation sites excluding steroid dienone is 2. The Hall–Kier alpha value is -1.28. The number of hydrogen-bond donors (Lipinski definition) is 2. The Morgan fingerprint density at radius 2 is 1.64 bits per heavy atom. The molecule has 0 aliphatic heterocycles. The van der Waals surface area contributed by atoms with Crippen LogP contribution in [-0.2, 0) is 0 Å². The predicted octanol–water partition coefficient (Wildman–Crippen LogP) is 2.47. The van der Waals surface area contributed by atoms with E-state index < -0.39 is 0 Å². The van der Waals surface area contributed by atoms with Crippen LogP contribution >= 0.6 is 0 Å². The van der Waals surface area contributed by atoms with Gasteiger partial charge in [0.05, 0.1) is 0 Å². The minimum atomic E-state index is 1.15. The minimum Gasteiger partial charge on any atom is -0.326 e. The van der Waals surface area contributed by atoms with Crippen LogP contribution in [0.2, 0.25) is 0 Å². The molecule has 0 aromatic heterocycles. The lowest BCUT2D eigenvalue weighted by atomic mass is 10.0. The van der Waals surface area contributed by atoms with Crippen LogP contribution in [0.1, 0.15) is 25.0 Å². The van der Waals surface area contributed by atoms with Crippen molar-refractivity contribution in [3.05, 3.63) is 41.1 Å². The Kier molecular flexibility index (Phi) is 3.72. The van der Waals surface area contributed by atoms with Crippen molar-refractivity contribution < 1.29 is 0 Å². The normalized spacial score (nSPS) is 12.3. The molecule has 76 valence electrons. The number of benzene rings is 1. The summed E-state index contributed by atoms with van der Waals surface area (Å²) < 4.78 is 0. The first kappa shape index (κ1) is 10.8. The van der Waals surface area contributed by atoms with Crippen LogP contribution in [0, 0.1) is 6.92 Å². The van der Waals surface area contributed by atoms with Gasteiger partial charge in [-0.1, -0.05) is 29.8 Å². The molecule has 1 aromatic rings. The van der Waals surface area contributed by atoms with Crippen molar-refractivity contribution in [2.75, 3.05) is 7.05 Å². The summed E-state index contributed by atoms with van der Waals surface area (Å²) in [6.45, 7) is 6.28. The monoisotopic (exact) mass is 190 g/mol. The molecule has 0 unspecified atom stereocenters. The van der Waals surface area contributed by atoms with Crippen molar-refractivity contribution in [1.29, 1.82) is 0 Å². The molecule has 0 atom stereocenters. The fourth-order valence-corrected chi connectivity index (χ4v) is 1.30. The molecule has 2 heteroatoms. The van der Waals surface area contributed by atoms with E-state index in [1.165, 1.54) is 16.7 Å². The van der Waals surface area contributed by atoms with Gasteiger partial charge in [0, 0.05) is 12.7 Å². The maximum absolute atomic E-state index is 3.09. The zero-order chi connectivity index (χ0) is 10.6. The first-order valence-electron chi connectivity index (χ1n) is 4.82. The molecule has 2 N–H and O–H groups in total. The van der Waals surface area contributed by atoms with Crippen molar-refractivity contribution in [3.63, 3.8) is 0 Å². The van der Waals surface area contributed by atoms with Crippen LogP contribution in [-0.4, -0.2) is 7.05 Å². The molecule has 1 rings (SSSR count). The number of rotatable bonds is 3. The fourth-order valence-electron chi connectivity index (χ4n) is 1.30. The molecule has 0 fully saturated rings. The van der Waals surface area contributed by atoms with Gasteiger partial charge in [-0.15, -0.1) is 0 Å². The van der Waals surface area contributed by atoms with E-state index >= 15 is 0 Å². The van der Waals surface area contributed by atoms with E-state index in [9.17, 15) is 0 Å². The highest BCUT2D eigenvalue weighted by Crippen LogP contribution is 2.16. The summed E-state index contributed by atoms with van der Waals surface area (Å²) >= 11 is 0. The SMILES string of the molecule is CNN/C(C)=C(\C)c1ccc(C)cc1. The van der Waals surface area contributed by atoms with Crippen LogP contribution in [0.5, 0.6) is 0 Å². The van der Waals surface area contributed by atoms with Crippen LogP contribution in [0.25, 0.3) is 5.57 Å². The molecule has 1 aromatic carbocycles. The molecule has 0 heterocycles. The van der Waals surface area contributed by atoms with Gasteiger partial charge in [-0.3, -0.25) is 0 Å². The lowest BCUT2D eigenvalue weighted by Gasteiger charge is -2.09. The summed E-state index contributed by atoms with van der Waals surface area (Å²) in [5, 5.41) is 0. The second-order valence-electron chi connectivity index (χ2n) is 3.49. The van der Waals surface area contributed by atoms with Crippen molar-refractivity contribution in [2.24, 2.45) is 0 Å². The van der Waals surface area contributed by atoms with Gasteiger partial charge in [-0.2, -0.15) is 0 Å². The first-order valence-corrected chi connectivity index (χ1v) is 4.82. The van der Waals surface area contributed by atoms with E-state index in [-0.39, 0.29) is 0 Å². The molecule has 0 radical (unpaired) electrons. The highest BCUT2D eigenvalue weighted by atomic mass is 15.3. The zero-order valence-corrected chi connectivity index (χ0v) is 9.31. The molecule has 0 aliphatic rings. The fraction of sp³-hybridized carbons (Fsp3) is 0.333. The third-order valence-corrected chi connectivity index (χ3v) is 2.36. The Morgan fingerprint density at radius 1 is 1.07 bits per heavy atom. The van der Waals surface area contributed by atoms with E-state index in [2.05, 4.69) is 55.9 Å². The van der Waals surface area contributed by atoms with Gasteiger partial charge in [0.25, 0.3) is 0 Å². The predicted molar refractivity (Wildman–Crippen MR) is 61.6 cm³/mol. The lowest BCUT2D eigenvalue weighted by Crippen LogP contribution is -2.25. The van der Waals surface area contributed by atoms with Gasteiger partial charge < -0.3 is 5.43 Å². The summed E-state index contributed by atoms with van der Waals surface area (Å²) in [5.41, 5.74) is 11.0. The van der Waals surface area contributed by atoms with Crippen LogP contribution in [0.3, 0.4) is 0 Å². The second kappa shape index (κ2) is 4.82. The minimum absolute atomic E-state index is 1.15. The molecule has 0 bridgehead atoms. The molecular formula is C12H18N2. The summed E-state index contributed by atoms with van der Waals surface area (Å²) in [6, 6.07) is 8.55. The average Bonchev–Trinajstić information content (AvgIpc) is 2.18. The van der Waals surface area contributed by atoms with Gasteiger partial charge in [0.2, 0.25) is 0 Å². The van der Waals surface area contributed by atoms with Gasteiger partial charge in [0.15, 0.2) is 0 Å². The Morgan fingerprint density at radius 3 is 2.14 bits per heavy atom. The Bertz CT molecular complexity index is 323. The number of nitrogens with one attached hydrogen (secondary N) is 2. The molecule has 0 amide bonds. The van der Waals surface area contributed by atoms with Gasteiger partial charge in [0.1, 0.15) is 0 Å². The van der Waals surface area contributed by atoms with Gasteiger partial charge in [-0.05, 0) is 31.9 Å². The summed E-state index contributed by atoms with van der Waals surface area (Å²) in [6.07, 6.45) is 0. The molecule has 0 spiro atoms. The smallest absolute Gasteiger partial charge is 0.0265 e. The third kappa shape index (κ3) is 2.60. The van der Waals surface area contributed by atoms with E-state index in [0.717, 1.165) is 5.70 Å². The third-order valence-electron chi connectivity index (χ3n) is 2.36. The molecule has 14 heavy (non-hydrogen) atoms. The van der Waals surface area contributed by atoms with Crippen molar-refractivity contribution >= 4 is 5.57 Å². The maximum Gasteiger partial charge on any atom is 0.0265 e. The van der Waals surface area contributed by atoms with E-state index in [1.807, 2.05) is 7.05 Å². The van der Waals surface area contributed by atoms with E-state index in [1.54, 1.807) is 0 Å². The zero-order valence-electron chi connectivity index (χ0n) is 9.31. The van der Waals surface area contributed by atoms with Gasteiger partial charge >= 0.3 is 0 Å². The standard InChI is InChI=1S/C12H18N2/c1-9-5-7-12(8-6-9)10(2)11(3)14-13-4/h5-8,13-14H,1-4H3/b11-10+. The second-order valence-corrected chi connectivity index (χ2v) is 3.49. The van der Waals surface area contributed by atoms with Crippen molar-refractivity contribution in [3.8, 4) is 0 Å². The Balaban J connectivity index is 2.93. The van der Waals surface area contributed by atoms with E-state index in [4.69, 9.17) is 0 Å². The molecule has 0 aliphatic carbocycles. The largest absolute Gasteiger partial charge is 0.326 e. The summed E-state index contributed by atoms with van der Waals surface area (Å²) in [7, 11) is 1.87. The highest BCUT2D eigenvalue weighted by molar-refractivity contribution is 5.66. The van der Waals surface area contributed by atoms with E-state index in [0.29, 0.717) is 0 Å². The lowest BCUT2D eigenvalue weighted by molar-refractivity contribution is 0.691. The van der Waals surface area contributed by atoms with Crippen LogP contribution in [0.4, 0.5) is 0 Å². The molecule has 2 nitrogen and oxygen atoms in total. The van der Waals surface area contributed by atoms with Crippen molar-refractivity contribution in [1.82, 2.24) is 10.9 Å². The summed E-state index contributed by atoms with van der Waals surface area (Å²) in [5.74, 6) is 0. The molecular weight excluding hydrogens is 172 g/mol. The number of hydrazine groups is 1. The Labute approximate surface area is 86.0 Å². The number of hydrogen-bond acceptors (Lipinski definition) is 2. The molecule has 0 saturated heterocycles. The number of aryl methyl sites for hydroxylation is 1. The highest BCUT2D eigenvalue weighted by Gasteiger charge is 1.98. The van der Waals surface area contributed by atoms with Gasteiger partial charge in [-0.25, -0.2) is 5.43 Å². The molecule has 0 saturated carbocycles. The van der Waals surface area contributed by atoms with Crippen LogP contribution < -0.4 is 10.9 Å². The van der Waals surface area contributed by atoms with Crippen molar-refractivity contribution in [2.45, 2.75) is 20.8 Å².